The van der Waals surface area contributed by atoms with E-state index in [9.17, 15) is 9.59 Å². The van der Waals surface area contributed by atoms with Crippen LogP contribution in [0.15, 0.2) is 35.4 Å². The number of urea groups is 1. The van der Waals surface area contributed by atoms with Crippen molar-refractivity contribution < 1.29 is 4.79 Å². The maximum atomic E-state index is 12.1. The van der Waals surface area contributed by atoms with Crippen LogP contribution in [0.3, 0.4) is 0 Å². The van der Waals surface area contributed by atoms with E-state index >= 15 is 0 Å². The summed E-state index contributed by atoms with van der Waals surface area (Å²) >= 11 is 0. The number of hydrogen-bond donors (Lipinski definition) is 2. The molecule has 2 aromatic heterocycles. The molecule has 23 heavy (non-hydrogen) atoms. The molecule has 2 heterocycles. The molecule has 0 fully saturated rings. The Hall–Kier alpha value is -2.70. The summed E-state index contributed by atoms with van der Waals surface area (Å²) in [5, 5.41) is 2.73. The van der Waals surface area contributed by atoms with Crippen LogP contribution in [0.25, 0.3) is 0 Å². The van der Waals surface area contributed by atoms with Gasteiger partial charge in [-0.15, -0.1) is 0 Å². The van der Waals surface area contributed by atoms with Crippen molar-refractivity contribution in [3.05, 3.63) is 52.5 Å². The number of anilines is 1. The van der Waals surface area contributed by atoms with Crippen LogP contribution in [0.5, 0.6) is 0 Å². The molecule has 0 atom stereocenters. The number of nitrogens with zero attached hydrogens (tertiary/aromatic N) is 3. The van der Waals surface area contributed by atoms with Gasteiger partial charge in [0.15, 0.2) is 0 Å². The van der Waals surface area contributed by atoms with Crippen molar-refractivity contribution in [3.8, 4) is 0 Å². The Morgan fingerprint density at radius 2 is 2.00 bits per heavy atom. The lowest BCUT2D eigenvalue weighted by molar-refractivity contribution is 0.220. The van der Waals surface area contributed by atoms with Crippen molar-refractivity contribution in [2.75, 3.05) is 12.4 Å². The first-order chi connectivity index (χ1) is 10.9. The van der Waals surface area contributed by atoms with Crippen molar-refractivity contribution in [1.29, 1.82) is 0 Å². The molecule has 2 amide bonds. The summed E-state index contributed by atoms with van der Waals surface area (Å²) in [6.07, 6.45) is 4.00. The summed E-state index contributed by atoms with van der Waals surface area (Å²) in [6, 6.07) is 4.55. The van der Waals surface area contributed by atoms with Gasteiger partial charge in [-0.3, -0.25) is 4.79 Å². The molecule has 7 nitrogen and oxygen atoms in total. The smallest absolute Gasteiger partial charge is 0.322 e. The second kappa shape index (κ2) is 7.53. The van der Waals surface area contributed by atoms with Crippen molar-refractivity contribution in [1.82, 2.24) is 19.9 Å². The highest BCUT2D eigenvalue weighted by atomic mass is 16.2. The maximum absolute atomic E-state index is 12.1. The van der Waals surface area contributed by atoms with Crippen LogP contribution in [0.1, 0.15) is 25.4 Å². The molecule has 0 saturated carbocycles. The third-order valence-corrected chi connectivity index (χ3v) is 3.13. The standard InChI is InChI=1S/C16H21N5O2/c1-11(2)7-14-17-8-13(9-18-14)20-16(23)21(3)10-12-5-4-6-15(22)19-12/h4-6,8-9,11H,7,10H2,1-3H3,(H,19,22)(H,20,23). The number of nitrogens with one attached hydrogen (secondary N) is 2. The molecular weight excluding hydrogens is 294 g/mol. The summed E-state index contributed by atoms with van der Waals surface area (Å²) in [4.78, 5) is 36.0. The van der Waals surface area contributed by atoms with Crippen molar-refractivity contribution in [2.24, 2.45) is 5.92 Å². The van der Waals surface area contributed by atoms with Gasteiger partial charge in [-0.2, -0.15) is 0 Å². The average molecular weight is 315 g/mol. The molecule has 0 radical (unpaired) electrons. The first kappa shape index (κ1) is 16.7. The lowest BCUT2D eigenvalue weighted by atomic mass is 10.1. The van der Waals surface area contributed by atoms with Crippen LogP contribution in [0, 0.1) is 5.92 Å². The zero-order valence-electron chi connectivity index (χ0n) is 13.5. The zero-order chi connectivity index (χ0) is 16.8. The number of carbonyl (C=O) groups is 1. The van der Waals surface area contributed by atoms with Gasteiger partial charge in [-0.1, -0.05) is 19.9 Å². The quantitative estimate of drug-likeness (QED) is 0.883. The van der Waals surface area contributed by atoms with Gasteiger partial charge in [-0.05, 0) is 12.0 Å². The highest BCUT2D eigenvalue weighted by Crippen LogP contribution is 2.08. The Morgan fingerprint density at radius 3 is 2.61 bits per heavy atom. The van der Waals surface area contributed by atoms with Crippen LogP contribution in [0.4, 0.5) is 10.5 Å². The third kappa shape index (κ3) is 5.21. The second-order valence-electron chi connectivity index (χ2n) is 5.81. The first-order valence-electron chi connectivity index (χ1n) is 7.45. The van der Waals surface area contributed by atoms with Gasteiger partial charge in [0, 0.05) is 25.2 Å². The lowest BCUT2D eigenvalue weighted by Gasteiger charge is -2.17. The number of rotatable bonds is 5. The molecule has 7 heteroatoms. The largest absolute Gasteiger partial charge is 0.324 e. The summed E-state index contributed by atoms with van der Waals surface area (Å²) in [6.45, 7) is 4.50. The molecule has 0 bridgehead atoms. The Labute approximate surface area is 134 Å². The zero-order valence-corrected chi connectivity index (χ0v) is 13.5. The van der Waals surface area contributed by atoms with Gasteiger partial charge in [0.05, 0.1) is 24.6 Å². The van der Waals surface area contributed by atoms with E-state index < -0.39 is 0 Å². The average Bonchev–Trinajstić information content (AvgIpc) is 2.48. The Morgan fingerprint density at radius 1 is 1.30 bits per heavy atom. The van der Waals surface area contributed by atoms with Crippen LogP contribution in [0.2, 0.25) is 0 Å². The SMILES string of the molecule is CC(C)Cc1ncc(NC(=O)N(C)Cc2cccc(=O)[nH]2)cn1. The van der Waals surface area contributed by atoms with Crippen LogP contribution < -0.4 is 10.9 Å². The van der Waals surface area contributed by atoms with E-state index in [-0.39, 0.29) is 11.6 Å². The molecule has 2 N–H and O–H groups in total. The maximum Gasteiger partial charge on any atom is 0.322 e. The second-order valence-corrected chi connectivity index (χ2v) is 5.81. The van der Waals surface area contributed by atoms with Crippen molar-refractivity contribution >= 4 is 11.7 Å². The normalized spacial score (nSPS) is 10.6. The predicted molar refractivity (Wildman–Crippen MR) is 88.1 cm³/mol. The van der Waals surface area contributed by atoms with Crippen molar-refractivity contribution in [2.45, 2.75) is 26.8 Å². The van der Waals surface area contributed by atoms with Gasteiger partial charge in [0.25, 0.3) is 0 Å². The first-order valence-corrected chi connectivity index (χ1v) is 7.45. The van der Waals surface area contributed by atoms with Crippen LogP contribution in [-0.2, 0) is 13.0 Å². The van der Waals surface area contributed by atoms with Gasteiger partial charge in [-0.25, -0.2) is 14.8 Å². The highest BCUT2D eigenvalue weighted by Gasteiger charge is 2.10. The number of pyridine rings is 1. The Balaban J connectivity index is 1.94. The van der Waals surface area contributed by atoms with Gasteiger partial charge in [0.1, 0.15) is 5.82 Å². The minimum Gasteiger partial charge on any atom is -0.324 e. The molecule has 2 rings (SSSR count). The van der Waals surface area contributed by atoms with E-state index in [1.807, 2.05) is 0 Å². The number of H-pyrrole nitrogens is 1. The monoisotopic (exact) mass is 315 g/mol. The fourth-order valence-electron chi connectivity index (χ4n) is 2.02. The molecule has 122 valence electrons. The van der Waals surface area contributed by atoms with E-state index in [2.05, 4.69) is 34.1 Å². The Kier molecular flexibility index (Phi) is 5.46. The lowest BCUT2D eigenvalue weighted by Crippen LogP contribution is -2.31. The van der Waals surface area contributed by atoms with E-state index in [0.717, 1.165) is 12.2 Å². The van der Waals surface area contributed by atoms with E-state index in [0.29, 0.717) is 23.8 Å². The van der Waals surface area contributed by atoms with E-state index in [4.69, 9.17) is 0 Å². The van der Waals surface area contributed by atoms with Gasteiger partial charge in [0.2, 0.25) is 5.56 Å². The minimum atomic E-state index is -0.296. The predicted octanol–water partition coefficient (Wildman–Crippen LogP) is 2.03. The van der Waals surface area contributed by atoms with Crippen LogP contribution in [-0.4, -0.2) is 32.9 Å². The fourth-order valence-corrected chi connectivity index (χ4v) is 2.02. The molecule has 0 aliphatic heterocycles. The number of aromatic amines is 1. The molecule has 0 spiro atoms. The number of hydrogen-bond acceptors (Lipinski definition) is 4. The molecule has 0 saturated heterocycles. The van der Waals surface area contributed by atoms with Gasteiger partial charge < -0.3 is 15.2 Å². The summed E-state index contributed by atoms with van der Waals surface area (Å²) in [5.41, 5.74) is 1.01. The molecule has 0 aliphatic rings. The molecular formula is C16H21N5O2. The van der Waals surface area contributed by atoms with Crippen molar-refractivity contribution in [3.63, 3.8) is 0 Å². The van der Waals surface area contributed by atoms with E-state index in [1.54, 1.807) is 31.6 Å². The molecule has 2 aromatic rings. The summed E-state index contributed by atoms with van der Waals surface area (Å²) < 4.78 is 0. The van der Waals surface area contributed by atoms with Gasteiger partial charge >= 0.3 is 6.03 Å². The third-order valence-electron chi connectivity index (χ3n) is 3.13. The molecule has 0 aromatic carbocycles. The number of aromatic nitrogens is 3. The topological polar surface area (TPSA) is 91.0 Å². The minimum absolute atomic E-state index is 0.189. The Bertz CT molecular complexity index is 709. The van der Waals surface area contributed by atoms with E-state index in [1.165, 1.54) is 11.0 Å². The molecule has 0 aliphatic carbocycles. The van der Waals surface area contributed by atoms with Crippen LogP contribution >= 0.6 is 0 Å². The summed E-state index contributed by atoms with van der Waals surface area (Å²) in [7, 11) is 1.65. The summed E-state index contributed by atoms with van der Waals surface area (Å²) in [5.74, 6) is 1.24. The number of amides is 2. The molecule has 0 unspecified atom stereocenters. The highest BCUT2D eigenvalue weighted by molar-refractivity contribution is 5.88. The number of carbonyl (C=O) groups excluding carboxylic acids is 1. The fraction of sp³-hybridized carbons (Fsp3) is 0.375.